The number of carbonyl (C=O) groups is 3. The lowest BCUT2D eigenvalue weighted by Crippen LogP contribution is -2.54. The van der Waals surface area contributed by atoms with Crippen LogP contribution in [0.5, 0.6) is 0 Å². The number of pyridine rings is 1. The summed E-state index contributed by atoms with van der Waals surface area (Å²) >= 11 is 0. The molecule has 1 aliphatic rings. The van der Waals surface area contributed by atoms with Crippen molar-refractivity contribution in [3.8, 4) is 5.69 Å². The first-order chi connectivity index (χ1) is 14.5. The van der Waals surface area contributed by atoms with E-state index in [-0.39, 0.29) is 5.57 Å². The average molecular weight is 401 g/mol. The molecule has 1 aliphatic heterocycles. The molecule has 4 rings (SSSR count). The molecular weight excluding hydrogens is 382 g/mol. The maximum Gasteiger partial charge on any atom is 0.335 e. The lowest BCUT2D eigenvalue weighted by atomic mass is 10.1. The van der Waals surface area contributed by atoms with Crippen LogP contribution in [0.15, 0.2) is 72.7 Å². The molecule has 8 nitrogen and oxygen atoms in total. The standard InChI is InChI=1S/C22H19N5O3/c1-25(2)15-5-7-16(8-6-15)26-13-3-4-18(26)14-19-20(28)24-22(30)27(21(19)29)17-9-11-23-12-10-17/h3-14H,1-2H3,(H,24,28,30)/b19-14+. The highest BCUT2D eigenvalue weighted by Crippen LogP contribution is 2.23. The highest BCUT2D eigenvalue weighted by molar-refractivity contribution is 6.39. The number of nitrogens with one attached hydrogen (secondary N) is 1. The number of hydrogen-bond acceptors (Lipinski definition) is 5. The van der Waals surface area contributed by atoms with Crippen molar-refractivity contribution in [1.82, 2.24) is 14.9 Å². The molecule has 8 heteroatoms. The molecule has 0 saturated carbocycles. The molecule has 150 valence electrons. The van der Waals surface area contributed by atoms with Gasteiger partial charge in [0.25, 0.3) is 11.8 Å². The SMILES string of the molecule is CN(C)c1ccc(-n2cccc2/C=C2\C(=O)NC(=O)N(c3ccncc3)C2=O)cc1. The largest absolute Gasteiger partial charge is 0.378 e. The number of urea groups is 1. The van der Waals surface area contributed by atoms with Gasteiger partial charge in [0.05, 0.1) is 5.69 Å². The van der Waals surface area contributed by atoms with Gasteiger partial charge in [-0.25, -0.2) is 9.69 Å². The Morgan fingerprint density at radius 1 is 0.933 bits per heavy atom. The maximum absolute atomic E-state index is 13.0. The number of carbonyl (C=O) groups excluding carboxylic acids is 3. The summed E-state index contributed by atoms with van der Waals surface area (Å²) < 4.78 is 1.86. The van der Waals surface area contributed by atoms with E-state index in [4.69, 9.17) is 0 Å². The molecule has 1 aromatic carbocycles. The zero-order valence-corrected chi connectivity index (χ0v) is 16.4. The predicted molar refractivity (Wildman–Crippen MR) is 113 cm³/mol. The van der Waals surface area contributed by atoms with Crippen molar-refractivity contribution in [3.05, 3.63) is 78.4 Å². The second kappa shape index (κ2) is 7.67. The van der Waals surface area contributed by atoms with E-state index in [9.17, 15) is 14.4 Å². The molecule has 3 aromatic rings. The minimum absolute atomic E-state index is 0.128. The van der Waals surface area contributed by atoms with Crippen LogP contribution in [0.3, 0.4) is 0 Å². The molecule has 0 spiro atoms. The lowest BCUT2D eigenvalue weighted by Gasteiger charge is -2.26. The van der Waals surface area contributed by atoms with Gasteiger partial charge in [-0.2, -0.15) is 0 Å². The Hall–Kier alpha value is -4.20. The number of imide groups is 2. The Labute approximate surface area is 173 Å². The van der Waals surface area contributed by atoms with Crippen LogP contribution in [0.1, 0.15) is 5.69 Å². The van der Waals surface area contributed by atoms with Gasteiger partial charge in [-0.1, -0.05) is 0 Å². The van der Waals surface area contributed by atoms with E-state index in [1.165, 1.54) is 30.6 Å². The third-order valence-electron chi connectivity index (χ3n) is 4.74. The topological polar surface area (TPSA) is 87.5 Å². The number of amides is 4. The van der Waals surface area contributed by atoms with Gasteiger partial charge in [0.15, 0.2) is 0 Å². The molecule has 0 bridgehead atoms. The Kier molecular flexibility index (Phi) is 4.89. The van der Waals surface area contributed by atoms with Crippen LogP contribution in [-0.4, -0.2) is 41.5 Å². The lowest BCUT2D eigenvalue weighted by molar-refractivity contribution is -0.122. The summed E-state index contributed by atoms with van der Waals surface area (Å²) in [7, 11) is 3.92. The zero-order valence-electron chi connectivity index (χ0n) is 16.4. The van der Waals surface area contributed by atoms with E-state index in [0.29, 0.717) is 11.4 Å². The smallest absolute Gasteiger partial charge is 0.335 e. The summed E-state index contributed by atoms with van der Waals surface area (Å²) in [6.45, 7) is 0. The highest BCUT2D eigenvalue weighted by Gasteiger charge is 2.36. The Bertz CT molecular complexity index is 1150. The van der Waals surface area contributed by atoms with Crippen molar-refractivity contribution < 1.29 is 14.4 Å². The van der Waals surface area contributed by atoms with Gasteiger partial charge < -0.3 is 9.47 Å². The quantitative estimate of drug-likeness (QED) is 0.536. The minimum atomic E-state index is -0.789. The Morgan fingerprint density at radius 2 is 1.63 bits per heavy atom. The molecule has 0 aliphatic carbocycles. The zero-order chi connectivity index (χ0) is 21.3. The Morgan fingerprint density at radius 3 is 2.30 bits per heavy atom. The van der Waals surface area contributed by atoms with Crippen LogP contribution in [0, 0.1) is 0 Å². The van der Waals surface area contributed by atoms with E-state index < -0.39 is 17.8 Å². The van der Waals surface area contributed by atoms with Gasteiger partial charge in [-0.3, -0.25) is 19.9 Å². The van der Waals surface area contributed by atoms with E-state index in [0.717, 1.165) is 16.3 Å². The van der Waals surface area contributed by atoms with Crippen molar-refractivity contribution in [1.29, 1.82) is 0 Å². The fourth-order valence-corrected chi connectivity index (χ4v) is 3.19. The third-order valence-corrected chi connectivity index (χ3v) is 4.74. The van der Waals surface area contributed by atoms with Gasteiger partial charge >= 0.3 is 6.03 Å². The van der Waals surface area contributed by atoms with Gasteiger partial charge in [-0.15, -0.1) is 0 Å². The molecule has 0 atom stereocenters. The number of benzene rings is 1. The first-order valence-corrected chi connectivity index (χ1v) is 9.22. The molecule has 1 fully saturated rings. The van der Waals surface area contributed by atoms with Crippen molar-refractivity contribution in [3.63, 3.8) is 0 Å². The normalized spacial score (nSPS) is 15.5. The summed E-state index contributed by atoms with van der Waals surface area (Å²) in [6, 6.07) is 13.7. The fraction of sp³-hybridized carbons (Fsp3) is 0.0909. The predicted octanol–water partition coefficient (Wildman–Crippen LogP) is 2.60. The molecule has 4 amide bonds. The summed E-state index contributed by atoms with van der Waals surface area (Å²) in [5, 5.41) is 2.22. The van der Waals surface area contributed by atoms with Crippen LogP contribution >= 0.6 is 0 Å². The summed E-state index contributed by atoms with van der Waals surface area (Å²) in [4.78, 5) is 44.5. The van der Waals surface area contributed by atoms with E-state index >= 15 is 0 Å². The molecular formula is C22H19N5O3. The van der Waals surface area contributed by atoms with Gasteiger partial charge in [-0.05, 0) is 54.6 Å². The van der Waals surface area contributed by atoms with Crippen LogP contribution in [0.2, 0.25) is 0 Å². The average Bonchev–Trinajstić information content (AvgIpc) is 3.20. The number of hydrogen-bond donors (Lipinski definition) is 1. The van der Waals surface area contributed by atoms with Crippen LogP contribution in [-0.2, 0) is 9.59 Å². The van der Waals surface area contributed by atoms with Crippen molar-refractivity contribution in [2.24, 2.45) is 0 Å². The second-order valence-electron chi connectivity index (χ2n) is 6.88. The summed E-state index contributed by atoms with van der Waals surface area (Å²) in [6.07, 6.45) is 6.27. The summed E-state index contributed by atoms with van der Waals surface area (Å²) in [5.74, 6) is -1.42. The molecule has 1 saturated heterocycles. The van der Waals surface area contributed by atoms with Gasteiger partial charge in [0, 0.05) is 49.8 Å². The summed E-state index contributed by atoms with van der Waals surface area (Å²) in [5.41, 5.74) is 2.77. The molecule has 30 heavy (non-hydrogen) atoms. The highest BCUT2D eigenvalue weighted by atomic mass is 16.2. The van der Waals surface area contributed by atoms with Crippen LogP contribution in [0.25, 0.3) is 11.8 Å². The number of rotatable bonds is 4. The van der Waals surface area contributed by atoms with E-state index in [2.05, 4.69) is 10.3 Å². The molecule has 0 unspecified atom stereocenters. The van der Waals surface area contributed by atoms with Crippen molar-refractivity contribution >= 4 is 35.3 Å². The fourth-order valence-electron chi connectivity index (χ4n) is 3.19. The molecule has 2 aromatic heterocycles. The number of anilines is 2. The number of nitrogens with zero attached hydrogens (tertiary/aromatic N) is 4. The molecule has 3 heterocycles. The Balaban J connectivity index is 1.71. The number of aromatic nitrogens is 2. The minimum Gasteiger partial charge on any atom is -0.378 e. The van der Waals surface area contributed by atoms with Gasteiger partial charge in [0.1, 0.15) is 5.57 Å². The molecule has 1 N–H and O–H groups in total. The maximum atomic E-state index is 13.0. The third kappa shape index (κ3) is 3.46. The van der Waals surface area contributed by atoms with Gasteiger partial charge in [0.2, 0.25) is 0 Å². The van der Waals surface area contributed by atoms with Crippen LogP contribution < -0.4 is 15.1 Å². The molecule has 0 radical (unpaired) electrons. The van der Waals surface area contributed by atoms with Crippen LogP contribution in [0.4, 0.5) is 16.2 Å². The van der Waals surface area contributed by atoms with Crippen molar-refractivity contribution in [2.45, 2.75) is 0 Å². The monoisotopic (exact) mass is 401 g/mol. The van der Waals surface area contributed by atoms with E-state index in [1.54, 1.807) is 6.07 Å². The first kappa shape index (κ1) is 19.1. The number of barbiturate groups is 1. The second-order valence-corrected chi connectivity index (χ2v) is 6.88. The first-order valence-electron chi connectivity index (χ1n) is 9.22. The van der Waals surface area contributed by atoms with Crippen molar-refractivity contribution in [2.75, 3.05) is 23.9 Å². The van der Waals surface area contributed by atoms with E-state index in [1.807, 2.05) is 60.1 Å².